The lowest BCUT2D eigenvalue weighted by atomic mass is 10.0. The average molecular weight is 155 g/mol. The van der Waals surface area contributed by atoms with Gasteiger partial charge in [0, 0.05) is 0 Å². The number of hydrogen-bond donors (Lipinski definition) is 2. The molecule has 0 saturated heterocycles. The van der Waals surface area contributed by atoms with E-state index in [0.29, 0.717) is 11.7 Å². The molecule has 5 heteroatoms. The van der Waals surface area contributed by atoms with Gasteiger partial charge in [0.1, 0.15) is 0 Å². The van der Waals surface area contributed by atoms with Crippen LogP contribution in [0.2, 0.25) is 0 Å². The summed E-state index contributed by atoms with van der Waals surface area (Å²) in [5, 5.41) is 13.4. The van der Waals surface area contributed by atoms with E-state index in [1.165, 1.54) is 0 Å². The van der Waals surface area contributed by atoms with Gasteiger partial charge in [0.15, 0.2) is 5.82 Å². The number of aromatic amines is 1. The fourth-order valence-electron chi connectivity index (χ4n) is 0.940. The molecule has 11 heavy (non-hydrogen) atoms. The Bertz CT molecular complexity index is 193. The number of nitrogens with two attached hydrogens (primary N) is 1. The Morgan fingerprint density at radius 2 is 2.27 bits per heavy atom. The molecule has 1 heterocycles. The molecule has 0 fully saturated rings. The molecule has 62 valence electrons. The van der Waals surface area contributed by atoms with Crippen molar-refractivity contribution in [3.63, 3.8) is 0 Å². The van der Waals surface area contributed by atoms with Gasteiger partial charge in [-0.15, -0.1) is 10.2 Å². The Labute approximate surface area is 65.4 Å². The molecular weight excluding hydrogens is 142 g/mol. The molecule has 0 bridgehead atoms. The zero-order chi connectivity index (χ0) is 8.27. The van der Waals surface area contributed by atoms with Crippen LogP contribution >= 0.6 is 0 Å². The van der Waals surface area contributed by atoms with E-state index >= 15 is 0 Å². The maximum absolute atomic E-state index is 5.76. The summed E-state index contributed by atoms with van der Waals surface area (Å²) in [7, 11) is 0. The fourth-order valence-corrected chi connectivity index (χ4v) is 0.940. The van der Waals surface area contributed by atoms with Crippen LogP contribution in [0, 0.1) is 5.92 Å². The van der Waals surface area contributed by atoms with Gasteiger partial charge in [-0.3, -0.25) is 0 Å². The molecule has 0 aromatic carbocycles. The SMILES string of the molecule is CC(C)CC(N)c1nn[nH]n1. The zero-order valence-corrected chi connectivity index (χ0v) is 6.78. The van der Waals surface area contributed by atoms with Crippen molar-refractivity contribution in [1.29, 1.82) is 0 Å². The smallest absolute Gasteiger partial charge is 0.191 e. The second kappa shape index (κ2) is 3.43. The Kier molecular flexibility index (Phi) is 2.53. The van der Waals surface area contributed by atoms with Gasteiger partial charge < -0.3 is 5.73 Å². The number of rotatable bonds is 3. The molecule has 0 aliphatic heterocycles. The minimum Gasteiger partial charge on any atom is -0.321 e. The highest BCUT2D eigenvalue weighted by atomic mass is 15.5. The largest absolute Gasteiger partial charge is 0.321 e. The van der Waals surface area contributed by atoms with Crippen molar-refractivity contribution in [3.05, 3.63) is 5.82 Å². The van der Waals surface area contributed by atoms with Gasteiger partial charge in [-0.25, -0.2) is 0 Å². The lowest BCUT2D eigenvalue weighted by Crippen LogP contribution is -2.14. The summed E-state index contributed by atoms with van der Waals surface area (Å²) in [5.41, 5.74) is 5.76. The van der Waals surface area contributed by atoms with E-state index in [2.05, 4.69) is 34.5 Å². The zero-order valence-electron chi connectivity index (χ0n) is 6.78. The molecule has 1 aromatic heterocycles. The van der Waals surface area contributed by atoms with E-state index in [9.17, 15) is 0 Å². The number of hydrogen-bond acceptors (Lipinski definition) is 4. The van der Waals surface area contributed by atoms with Gasteiger partial charge in [0.05, 0.1) is 6.04 Å². The molecule has 0 amide bonds. The number of H-pyrrole nitrogens is 1. The quantitative estimate of drug-likeness (QED) is 0.655. The topological polar surface area (TPSA) is 80.5 Å². The van der Waals surface area contributed by atoms with Crippen LogP contribution < -0.4 is 5.73 Å². The number of aromatic nitrogens is 4. The number of nitrogens with one attached hydrogen (secondary N) is 1. The maximum Gasteiger partial charge on any atom is 0.191 e. The Morgan fingerprint density at radius 3 is 2.73 bits per heavy atom. The van der Waals surface area contributed by atoms with Crippen molar-refractivity contribution in [1.82, 2.24) is 20.6 Å². The minimum absolute atomic E-state index is 0.0891. The first-order valence-corrected chi connectivity index (χ1v) is 3.69. The van der Waals surface area contributed by atoms with Crippen molar-refractivity contribution < 1.29 is 0 Å². The molecule has 0 aliphatic rings. The van der Waals surface area contributed by atoms with E-state index in [1.807, 2.05) is 0 Å². The Balaban J connectivity index is 2.49. The fraction of sp³-hybridized carbons (Fsp3) is 0.833. The van der Waals surface area contributed by atoms with Crippen LogP contribution in [-0.4, -0.2) is 20.6 Å². The monoisotopic (exact) mass is 155 g/mol. The highest BCUT2D eigenvalue weighted by molar-refractivity contribution is 4.86. The molecule has 5 nitrogen and oxygen atoms in total. The molecule has 0 radical (unpaired) electrons. The van der Waals surface area contributed by atoms with Gasteiger partial charge >= 0.3 is 0 Å². The van der Waals surface area contributed by atoms with Gasteiger partial charge in [-0.2, -0.15) is 5.21 Å². The van der Waals surface area contributed by atoms with Crippen LogP contribution in [0.3, 0.4) is 0 Å². The van der Waals surface area contributed by atoms with Crippen LogP contribution in [0.25, 0.3) is 0 Å². The van der Waals surface area contributed by atoms with Gasteiger partial charge in [0.2, 0.25) is 0 Å². The van der Waals surface area contributed by atoms with Crippen LogP contribution in [0.5, 0.6) is 0 Å². The minimum atomic E-state index is -0.0891. The lowest BCUT2D eigenvalue weighted by molar-refractivity contribution is 0.493. The number of tetrazole rings is 1. The van der Waals surface area contributed by atoms with E-state index in [0.717, 1.165) is 6.42 Å². The summed E-state index contributed by atoms with van der Waals surface area (Å²) in [4.78, 5) is 0. The molecule has 0 spiro atoms. The van der Waals surface area contributed by atoms with Crippen LogP contribution in [0.15, 0.2) is 0 Å². The van der Waals surface area contributed by atoms with E-state index in [4.69, 9.17) is 5.73 Å². The summed E-state index contributed by atoms with van der Waals surface area (Å²) in [6, 6.07) is -0.0891. The van der Waals surface area contributed by atoms with Gasteiger partial charge in [-0.05, 0) is 12.3 Å². The standard InChI is InChI=1S/C6H13N5/c1-4(2)3-5(7)6-8-10-11-9-6/h4-5H,3,7H2,1-2H3,(H,8,9,10,11). The molecular formula is C6H13N5. The molecule has 0 aliphatic carbocycles. The normalized spacial score (nSPS) is 13.8. The molecule has 1 rings (SSSR count). The summed E-state index contributed by atoms with van der Waals surface area (Å²) in [6.45, 7) is 4.22. The Hall–Kier alpha value is -0.970. The highest BCUT2D eigenvalue weighted by Gasteiger charge is 2.11. The molecule has 1 aromatic rings. The van der Waals surface area contributed by atoms with Crippen LogP contribution in [0.1, 0.15) is 32.1 Å². The summed E-state index contributed by atoms with van der Waals surface area (Å²) >= 11 is 0. The second-order valence-electron chi connectivity index (χ2n) is 3.01. The first-order valence-electron chi connectivity index (χ1n) is 3.69. The van der Waals surface area contributed by atoms with E-state index in [1.54, 1.807) is 0 Å². The highest BCUT2D eigenvalue weighted by Crippen LogP contribution is 2.13. The lowest BCUT2D eigenvalue weighted by Gasteiger charge is -2.08. The second-order valence-corrected chi connectivity index (χ2v) is 3.01. The van der Waals surface area contributed by atoms with Crippen molar-refractivity contribution >= 4 is 0 Å². The van der Waals surface area contributed by atoms with Crippen LogP contribution in [0.4, 0.5) is 0 Å². The Morgan fingerprint density at radius 1 is 1.55 bits per heavy atom. The molecule has 0 saturated carbocycles. The summed E-state index contributed by atoms with van der Waals surface area (Å²) in [5.74, 6) is 1.15. The van der Waals surface area contributed by atoms with Gasteiger partial charge in [0.25, 0.3) is 0 Å². The summed E-state index contributed by atoms with van der Waals surface area (Å²) in [6.07, 6.45) is 0.888. The third kappa shape index (κ3) is 2.27. The maximum atomic E-state index is 5.76. The predicted molar refractivity (Wildman–Crippen MR) is 40.6 cm³/mol. The molecule has 1 atom stereocenters. The van der Waals surface area contributed by atoms with Crippen LogP contribution in [-0.2, 0) is 0 Å². The van der Waals surface area contributed by atoms with Crippen molar-refractivity contribution in [3.8, 4) is 0 Å². The van der Waals surface area contributed by atoms with E-state index in [-0.39, 0.29) is 6.04 Å². The molecule has 3 N–H and O–H groups in total. The predicted octanol–water partition coefficient (Wildman–Crippen LogP) is 0.246. The third-order valence-corrected chi connectivity index (χ3v) is 1.42. The molecule has 1 unspecified atom stereocenters. The number of nitrogens with zero attached hydrogens (tertiary/aromatic N) is 3. The van der Waals surface area contributed by atoms with E-state index < -0.39 is 0 Å². The first kappa shape index (κ1) is 8.13. The van der Waals surface area contributed by atoms with Crippen molar-refractivity contribution in [2.24, 2.45) is 11.7 Å². The van der Waals surface area contributed by atoms with Crippen molar-refractivity contribution in [2.75, 3.05) is 0 Å². The average Bonchev–Trinajstić information content (AvgIpc) is 2.35. The van der Waals surface area contributed by atoms with Gasteiger partial charge in [-0.1, -0.05) is 19.1 Å². The summed E-state index contributed by atoms with van der Waals surface area (Å²) < 4.78 is 0. The first-order chi connectivity index (χ1) is 5.20. The van der Waals surface area contributed by atoms with Crippen molar-refractivity contribution in [2.45, 2.75) is 26.3 Å². The third-order valence-electron chi connectivity index (χ3n) is 1.42.